The third-order valence-electron chi connectivity index (χ3n) is 6.24. The summed E-state index contributed by atoms with van der Waals surface area (Å²) >= 11 is 0. The number of anilines is 3. The number of aromatic hydroxyl groups is 1. The Hall–Kier alpha value is -4.05. The van der Waals surface area contributed by atoms with Crippen molar-refractivity contribution >= 4 is 23.0 Å². The first-order valence-corrected chi connectivity index (χ1v) is 12.1. The molecule has 10 nitrogen and oxygen atoms in total. The number of para-hydroxylation sites is 1. The van der Waals surface area contributed by atoms with Crippen LogP contribution in [0.1, 0.15) is 42.2 Å². The summed E-state index contributed by atoms with van der Waals surface area (Å²) in [7, 11) is 0. The van der Waals surface area contributed by atoms with Crippen LogP contribution in [-0.4, -0.2) is 52.0 Å². The van der Waals surface area contributed by atoms with Crippen molar-refractivity contribution < 1.29 is 14.6 Å². The van der Waals surface area contributed by atoms with E-state index in [9.17, 15) is 19.5 Å². The average Bonchev–Trinajstić information content (AvgIpc) is 2.92. The summed E-state index contributed by atoms with van der Waals surface area (Å²) in [6, 6.07) is 14.1. The maximum Gasteiger partial charge on any atom is 0.291 e. The predicted molar refractivity (Wildman–Crippen MR) is 138 cm³/mol. The van der Waals surface area contributed by atoms with Crippen molar-refractivity contribution in [2.75, 3.05) is 36.9 Å². The van der Waals surface area contributed by atoms with E-state index in [-0.39, 0.29) is 46.9 Å². The largest absolute Gasteiger partial charge is 0.505 e. The van der Waals surface area contributed by atoms with Gasteiger partial charge in [0.1, 0.15) is 11.4 Å². The number of carbonyl (C=O) groups excluding carboxylic acids is 1. The number of aryl methyl sites for hydroxylation is 1. The number of aromatic nitrogens is 2. The summed E-state index contributed by atoms with van der Waals surface area (Å²) in [5.74, 6) is -0.623. The average molecular weight is 494 g/mol. The van der Waals surface area contributed by atoms with Crippen molar-refractivity contribution in [3.63, 3.8) is 0 Å². The number of H-pyrrole nitrogens is 1. The van der Waals surface area contributed by atoms with Crippen molar-refractivity contribution in [2.24, 2.45) is 0 Å². The standard InChI is InChI=1S/C26H31N5O5/c1-3-19(17-9-6-5-7-10-17)27-21-22(26(35)31(4-2)29-24(21)33)28-20-12-8-11-18(23(20)32)25(34)30-13-15-36-16-14-30/h5-12,19,27-28,32H,3-4,13-16H2,1-2H3,(H,29,33). The molecular weight excluding hydrogens is 462 g/mol. The highest BCUT2D eigenvalue weighted by Crippen LogP contribution is 2.32. The van der Waals surface area contributed by atoms with Crippen LogP contribution in [0.5, 0.6) is 5.75 Å². The third-order valence-corrected chi connectivity index (χ3v) is 6.24. The van der Waals surface area contributed by atoms with E-state index in [4.69, 9.17) is 4.74 Å². The first-order valence-electron chi connectivity index (χ1n) is 12.1. The molecule has 0 spiro atoms. The lowest BCUT2D eigenvalue weighted by Gasteiger charge is -2.27. The van der Waals surface area contributed by atoms with E-state index in [2.05, 4.69) is 15.7 Å². The molecule has 2 heterocycles. The third kappa shape index (κ3) is 5.13. The smallest absolute Gasteiger partial charge is 0.291 e. The molecule has 4 rings (SSSR count). The van der Waals surface area contributed by atoms with Crippen LogP contribution in [0.3, 0.4) is 0 Å². The zero-order valence-electron chi connectivity index (χ0n) is 20.4. The minimum atomic E-state index is -0.478. The molecule has 1 aromatic heterocycles. The molecule has 1 atom stereocenters. The van der Waals surface area contributed by atoms with E-state index < -0.39 is 11.1 Å². The summed E-state index contributed by atoms with van der Waals surface area (Å²) in [4.78, 5) is 41.0. The number of rotatable bonds is 8. The Morgan fingerprint density at radius 1 is 1.06 bits per heavy atom. The van der Waals surface area contributed by atoms with Gasteiger partial charge in [0, 0.05) is 19.6 Å². The zero-order valence-corrected chi connectivity index (χ0v) is 20.4. The highest BCUT2D eigenvalue weighted by Gasteiger charge is 2.24. The van der Waals surface area contributed by atoms with Crippen molar-refractivity contribution in [3.8, 4) is 5.75 Å². The lowest BCUT2D eigenvalue weighted by molar-refractivity contribution is 0.0301. The fourth-order valence-corrected chi connectivity index (χ4v) is 4.23. The Bertz CT molecular complexity index is 1330. The van der Waals surface area contributed by atoms with Crippen LogP contribution < -0.4 is 21.8 Å². The quantitative estimate of drug-likeness (QED) is 0.355. The van der Waals surface area contributed by atoms with Gasteiger partial charge in [0.25, 0.3) is 17.0 Å². The van der Waals surface area contributed by atoms with E-state index in [0.29, 0.717) is 32.7 Å². The molecule has 1 fully saturated rings. The van der Waals surface area contributed by atoms with Crippen LogP contribution >= 0.6 is 0 Å². The van der Waals surface area contributed by atoms with Crippen molar-refractivity contribution in [3.05, 3.63) is 80.4 Å². The fraction of sp³-hybridized carbons (Fsp3) is 0.346. The molecule has 3 aromatic rings. The SMILES string of the molecule is CCC(Nc1c(Nc2cccc(C(=O)N3CCOCC3)c2O)c(=O)n(CC)[nH]c1=O)c1ccccc1. The van der Waals surface area contributed by atoms with Gasteiger partial charge in [-0.3, -0.25) is 19.5 Å². The van der Waals surface area contributed by atoms with E-state index in [1.54, 1.807) is 24.0 Å². The second kappa shape index (κ2) is 11.1. The Balaban J connectivity index is 1.73. The van der Waals surface area contributed by atoms with Crippen LogP contribution in [-0.2, 0) is 11.3 Å². The summed E-state index contributed by atoms with van der Waals surface area (Å²) in [6.07, 6.45) is 0.661. The van der Waals surface area contributed by atoms with Gasteiger partial charge in [0.2, 0.25) is 0 Å². The number of hydrogen-bond acceptors (Lipinski definition) is 7. The molecule has 0 saturated carbocycles. The summed E-state index contributed by atoms with van der Waals surface area (Å²) in [5, 5.41) is 19.7. The van der Waals surface area contributed by atoms with Crippen LogP contribution in [0.15, 0.2) is 58.1 Å². The Morgan fingerprint density at radius 3 is 2.44 bits per heavy atom. The number of carbonyl (C=O) groups is 1. The molecule has 4 N–H and O–H groups in total. The Morgan fingerprint density at radius 2 is 1.78 bits per heavy atom. The topological polar surface area (TPSA) is 129 Å². The molecule has 1 aliphatic heterocycles. The number of phenolic OH excluding ortho intramolecular Hbond substituents is 1. The van der Waals surface area contributed by atoms with Gasteiger partial charge in [0.05, 0.1) is 30.5 Å². The molecule has 1 unspecified atom stereocenters. The number of hydrogen-bond donors (Lipinski definition) is 4. The lowest BCUT2D eigenvalue weighted by Crippen LogP contribution is -2.40. The second-order valence-electron chi connectivity index (χ2n) is 8.49. The number of nitrogens with one attached hydrogen (secondary N) is 3. The maximum absolute atomic E-state index is 13.3. The van der Waals surface area contributed by atoms with Crippen LogP contribution in [0.4, 0.5) is 17.1 Å². The van der Waals surface area contributed by atoms with Gasteiger partial charge in [0.15, 0.2) is 5.75 Å². The highest BCUT2D eigenvalue weighted by atomic mass is 16.5. The van der Waals surface area contributed by atoms with Gasteiger partial charge in [-0.05, 0) is 31.0 Å². The molecule has 0 radical (unpaired) electrons. The van der Waals surface area contributed by atoms with Gasteiger partial charge in [-0.1, -0.05) is 43.3 Å². The minimum Gasteiger partial charge on any atom is -0.505 e. The maximum atomic E-state index is 13.3. The zero-order chi connectivity index (χ0) is 25.7. The number of phenols is 1. The molecule has 10 heteroatoms. The van der Waals surface area contributed by atoms with E-state index in [0.717, 1.165) is 5.56 Å². The molecule has 36 heavy (non-hydrogen) atoms. The van der Waals surface area contributed by atoms with Crippen molar-refractivity contribution in [1.82, 2.24) is 14.7 Å². The van der Waals surface area contributed by atoms with Crippen molar-refractivity contribution in [2.45, 2.75) is 32.9 Å². The monoisotopic (exact) mass is 493 g/mol. The van der Waals surface area contributed by atoms with E-state index in [1.165, 1.54) is 10.7 Å². The molecule has 190 valence electrons. The first-order chi connectivity index (χ1) is 17.4. The van der Waals surface area contributed by atoms with Gasteiger partial charge < -0.3 is 25.4 Å². The molecule has 0 aliphatic carbocycles. The fourth-order valence-electron chi connectivity index (χ4n) is 4.23. The molecule has 1 saturated heterocycles. The number of aromatic amines is 1. The molecule has 1 amide bonds. The summed E-state index contributed by atoms with van der Waals surface area (Å²) in [5.41, 5.74) is 0.320. The van der Waals surface area contributed by atoms with Gasteiger partial charge in [-0.15, -0.1) is 0 Å². The summed E-state index contributed by atoms with van der Waals surface area (Å²) in [6.45, 7) is 5.69. The first kappa shape index (κ1) is 25.1. The van der Waals surface area contributed by atoms with Crippen LogP contribution in [0.25, 0.3) is 0 Å². The number of benzene rings is 2. The number of ether oxygens (including phenoxy) is 1. The predicted octanol–water partition coefficient (Wildman–Crippen LogP) is 3.04. The molecule has 1 aliphatic rings. The number of nitrogens with zero attached hydrogens (tertiary/aromatic N) is 2. The van der Waals surface area contributed by atoms with E-state index in [1.807, 2.05) is 37.3 Å². The molecular formula is C26H31N5O5. The number of morpholine rings is 1. The van der Waals surface area contributed by atoms with Crippen molar-refractivity contribution in [1.29, 1.82) is 0 Å². The summed E-state index contributed by atoms with van der Waals surface area (Å²) < 4.78 is 6.50. The lowest BCUT2D eigenvalue weighted by atomic mass is 10.0. The Labute approximate surface area is 208 Å². The van der Waals surface area contributed by atoms with Gasteiger partial charge >= 0.3 is 0 Å². The molecule has 2 aromatic carbocycles. The number of amides is 1. The molecule has 0 bridgehead atoms. The normalized spacial score (nSPS) is 14.3. The van der Waals surface area contributed by atoms with Gasteiger partial charge in [-0.2, -0.15) is 0 Å². The minimum absolute atomic E-state index is 0.0127. The Kier molecular flexibility index (Phi) is 7.74. The second-order valence-corrected chi connectivity index (χ2v) is 8.49. The van der Waals surface area contributed by atoms with Gasteiger partial charge in [-0.25, -0.2) is 4.68 Å². The van der Waals surface area contributed by atoms with Crippen LogP contribution in [0.2, 0.25) is 0 Å². The van der Waals surface area contributed by atoms with Crippen LogP contribution in [0, 0.1) is 0 Å². The van der Waals surface area contributed by atoms with E-state index >= 15 is 0 Å². The highest BCUT2D eigenvalue weighted by molar-refractivity contribution is 5.99.